The summed E-state index contributed by atoms with van der Waals surface area (Å²) in [5, 5.41) is 15.9. The number of nitrogens with zero attached hydrogens (tertiary/aromatic N) is 1. The number of carbonyl (C=O) groups excluding carboxylic acids is 1. The summed E-state index contributed by atoms with van der Waals surface area (Å²) in [6.07, 6.45) is 3.20. The number of pyridine rings is 1. The third-order valence-corrected chi connectivity index (χ3v) is 8.78. The van der Waals surface area contributed by atoms with E-state index in [2.05, 4.69) is 70.2 Å². The second kappa shape index (κ2) is 15.4. The van der Waals surface area contributed by atoms with Crippen LogP contribution < -0.4 is 0 Å². The van der Waals surface area contributed by atoms with Gasteiger partial charge in [-0.1, -0.05) is 136 Å². The Morgan fingerprint density at radius 2 is 1.34 bits per heavy atom. The predicted molar refractivity (Wildman–Crippen MR) is 209 cm³/mol. The summed E-state index contributed by atoms with van der Waals surface area (Å²) >= 11 is 0. The monoisotopic (exact) mass is 846 g/mol. The number of allylic oxidation sites excluding steroid dienone is 2. The normalized spacial score (nSPS) is 13.7. The third-order valence-electron chi connectivity index (χ3n) is 8.78. The predicted octanol–water partition coefficient (Wildman–Crippen LogP) is 13.0. The van der Waals surface area contributed by atoms with E-state index in [4.69, 9.17) is 11.8 Å². The second-order valence-electron chi connectivity index (χ2n) is 15.4. The quantitative estimate of drug-likeness (QED) is 0.0814. The molecule has 0 amide bonds. The Balaban J connectivity index is 0.000000414. The van der Waals surface area contributed by atoms with Gasteiger partial charge in [-0.25, -0.2) is 0 Å². The molecule has 1 aromatic heterocycles. The van der Waals surface area contributed by atoms with Crippen molar-refractivity contribution in [3.05, 3.63) is 126 Å². The Bertz CT molecular complexity index is 2400. The Hall–Kier alpha value is -4.11. The average molecular weight is 846 g/mol. The van der Waals surface area contributed by atoms with Crippen molar-refractivity contribution in [2.75, 3.05) is 0 Å². The standard InChI is InChI=1S/C35H30N.C11H20O2.Ir/c1-22(2)27-19-28(23(3)4)21-29(20-27)35-34-15-14-31-30-12-10-25(24-8-6-5-7-9-24)18-26(30)11-13-32(31)33(34)16-17-36-35;1-10(2,3)8(12)7-9(13)11(4,5)6;/h5-20,22-23H,1-4H3;7,12H,1-6H3;/q-1;;/b;8-7-;/i5D,6D,7D,8D,9D;;. The first-order valence-corrected chi connectivity index (χ1v) is 17.0. The summed E-state index contributed by atoms with van der Waals surface area (Å²) in [5.74, 6) is 0.866. The van der Waals surface area contributed by atoms with Gasteiger partial charge in [-0.2, -0.15) is 0 Å². The summed E-state index contributed by atoms with van der Waals surface area (Å²) in [7, 11) is 0. The molecule has 0 bridgehead atoms. The average Bonchev–Trinajstić information content (AvgIpc) is 3.11. The number of benzene rings is 5. The minimum atomic E-state index is -0.417. The van der Waals surface area contributed by atoms with Crippen molar-refractivity contribution in [3.63, 3.8) is 0 Å². The van der Waals surface area contributed by atoms with Gasteiger partial charge < -0.3 is 10.1 Å². The molecule has 1 N–H and O–H groups in total. The maximum absolute atomic E-state index is 11.5. The topological polar surface area (TPSA) is 50.2 Å². The summed E-state index contributed by atoms with van der Waals surface area (Å²) in [6.45, 7) is 19.9. The molecule has 0 saturated carbocycles. The first kappa shape index (κ1) is 31.8. The molecule has 0 fully saturated rings. The maximum atomic E-state index is 11.5. The summed E-state index contributed by atoms with van der Waals surface area (Å²) < 4.78 is 40.8. The van der Waals surface area contributed by atoms with Gasteiger partial charge in [0.25, 0.3) is 0 Å². The third kappa shape index (κ3) is 8.60. The minimum Gasteiger partial charge on any atom is -0.512 e. The van der Waals surface area contributed by atoms with Crippen LogP contribution in [0.1, 0.15) is 99.1 Å². The fourth-order valence-corrected chi connectivity index (χ4v) is 5.52. The van der Waals surface area contributed by atoms with Crippen molar-refractivity contribution in [3.8, 4) is 22.4 Å². The van der Waals surface area contributed by atoms with E-state index in [1.54, 1.807) is 0 Å². The molecule has 5 aromatic carbocycles. The molecular formula is C46H50IrNO2-. The Kier molecular flexibility index (Phi) is 9.82. The van der Waals surface area contributed by atoms with E-state index in [0.717, 1.165) is 43.6 Å². The molecule has 3 nitrogen and oxygen atoms in total. The van der Waals surface area contributed by atoms with Crippen LogP contribution in [0, 0.1) is 16.9 Å². The molecule has 0 aliphatic carbocycles. The van der Waals surface area contributed by atoms with Crippen molar-refractivity contribution in [1.29, 1.82) is 0 Å². The van der Waals surface area contributed by atoms with Crippen LogP contribution in [0.4, 0.5) is 0 Å². The smallest absolute Gasteiger partial charge is 0.164 e. The summed E-state index contributed by atoms with van der Waals surface area (Å²) in [5.41, 5.74) is 4.45. The van der Waals surface area contributed by atoms with Crippen molar-refractivity contribution in [1.82, 2.24) is 4.98 Å². The molecule has 0 saturated heterocycles. The van der Waals surface area contributed by atoms with Crippen molar-refractivity contribution >= 4 is 38.1 Å². The summed E-state index contributed by atoms with van der Waals surface area (Å²) in [6, 6.07) is 22.9. The molecule has 1 radical (unpaired) electrons. The molecule has 4 heteroatoms. The molecule has 6 rings (SSSR count). The maximum Gasteiger partial charge on any atom is 0.164 e. The van der Waals surface area contributed by atoms with Crippen LogP contribution in [0.15, 0.2) is 109 Å². The first-order valence-electron chi connectivity index (χ1n) is 19.5. The number of fused-ring (bicyclic) bond motifs is 5. The van der Waals surface area contributed by atoms with Gasteiger partial charge in [0.2, 0.25) is 0 Å². The zero-order valence-corrected chi connectivity index (χ0v) is 33.1. The largest absolute Gasteiger partial charge is 0.512 e. The first-order chi connectivity index (χ1) is 25.1. The molecule has 0 atom stereocenters. The molecule has 0 spiro atoms. The number of carbonyl (C=O) groups is 1. The van der Waals surface area contributed by atoms with Crippen LogP contribution in [0.2, 0.25) is 0 Å². The number of aliphatic hydroxyl groups excluding tert-OH is 1. The van der Waals surface area contributed by atoms with E-state index in [0.29, 0.717) is 17.4 Å². The summed E-state index contributed by atoms with van der Waals surface area (Å²) in [4.78, 5) is 16.3. The zero-order valence-electron chi connectivity index (χ0n) is 35.7. The molecule has 50 heavy (non-hydrogen) atoms. The Labute approximate surface area is 319 Å². The zero-order chi connectivity index (χ0) is 40.0. The molecular weight excluding hydrogens is 791 g/mol. The number of aromatic nitrogens is 1. The van der Waals surface area contributed by atoms with Gasteiger partial charge in [-0.05, 0) is 73.1 Å². The van der Waals surface area contributed by atoms with Gasteiger partial charge >= 0.3 is 0 Å². The van der Waals surface area contributed by atoms with Crippen LogP contribution in [-0.2, 0) is 24.9 Å². The van der Waals surface area contributed by atoms with Gasteiger partial charge in [-0.15, -0.1) is 34.9 Å². The van der Waals surface area contributed by atoms with Crippen molar-refractivity contribution < 1.29 is 36.9 Å². The van der Waals surface area contributed by atoms with Crippen LogP contribution >= 0.6 is 0 Å². The van der Waals surface area contributed by atoms with Crippen LogP contribution in [0.5, 0.6) is 0 Å². The van der Waals surface area contributed by atoms with E-state index in [9.17, 15) is 9.90 Å². The Morgan fingerprint density at radius 1 is 0.740 bits per heavy atom. The van der Waals surface area contributed by atoms with Gasteiger partial charge in [0.1, 0.15) is 5.76 Å². The van der Waals surface area contributed by atoms with E-state index in [1.165, 1.54) is 17.2 Å². The van der Waals surface area contributed by atoms with E-state index in [-0.39, 0.29) is 72.8 Å². The number of aliphatic hydroxyl groups is 1. The molecule has 261 valence electrons. The van der Waals surface area contributed by atoms with Gasteiger partial charge in [0.15, 0.2) is 5.78 Å². The number of hydrogen-bond acceptors (Lipinski definition) is 3. The molecule has 1 heterocycles. The molecule has 0 aliphatic heterocycles. The van der Waals surface area contributed by atoms with E-state index >= 15 is 0 Å². The number of ketones is 1. The van der Waals surface area contributed by atoms with Gasteiger partial charge in [-0.3, -0.25) is 4.79 Å². The Morgan fingerprint density at radius 3 is 1.96 bits per heavy atom. The minimum absolute atomic E-state index is 0. The fraction of sp³-hybridized carbons (Fsp3) is 0.304. The molecule has 6 aromatic rings. The van der Waals surface area contributed by atoms with Crippen molar-refractivity contribution in [2.24, 2.45) is 10.8 Å². The van der Waals surface area contributed by atoms with Gasteiger partial charge in [0, 0.05) is 43.2 Å². The van der Waals surface area contributed by atoms with Crippen molar-refractivity contribution in [2.45, 2.75) is 81.1 Å². The molecule has 0 unspecified atom stereocenters. The number of rotatable bonds is 5. The fourth-order valence-electron chi connectivity index (χ4n) is 5.52. The van der Waals surface area contributed by atoms with E-state index in [1.807, 2.05) is 72.0 Å². The second-order valence-corrected chi connectivity index (χ2v) is 15.4. The van der Waals surface area contributed by atoms with Gasteiger partial charge in [0.05, 0.1) is 6.85 Å². The van der Waals surface area contributed by atoms with Crippen LogP contribution in [0.25, 0.3) is 54.7 Å². The van der Waals surface area contributed by atoms with Crippen LogP contribution in [-0.4, -0.2) is 15.9 Å². The SMILES string of the molecule is CC(C)(C)C(=O)/C=C(\O)C(C)(C)C.[2H]c1c([2H])c([2H])c(-c2ccc3c(ccc4c5ccnc(-c6[c-]c(C(C)C)cc(C(C)C)c6)c5ccc34)c2)c([2H])c1[2H].[Ir]. The van der Waals surface area contributed by atoms with E-state index < -0.39 is 5.41 Å². The number of hydrogen-bond donors (Lipinski definition) is 1. The van der Waals surface area contributed by atoms with Crippen LogP contribution in [0.3, 0.4) is 0 Å². The molecule has 0 aliphatic rings.